The molecule has 4 N–H and O–H groups in total. The summed E-state index contributed by atoms with van der Waals surface area (Å²) in [6.45, 7) is 0. The van der Waals surface area contributed by atoms with E-state index in [9.17, 15) is 14.0 Å². The molecule has 0 saturated heterocycles. The molecule has 0 fully saturated rings. The number of halogens is 2. The Morgan fingerprint density at radius 1 is 1.25 bits per heavy atom. The van der Waals surface area contributed by atoms with Crippen LogP contribution in [0.3, 0.4) is 0 Å². The number of rotatable bonds is 7. The monoisotopic (exact) mass is 477 g/mol. The van der Waals surface area contributed by atoms with Crippen LogP contribution in [0, 0.1) is 5.82 Å². The Morgan fingerprint density at radius 3 is 2.75 bits per heavy atom. The number of hydrogen-bond acceptors (Lipinski definition) is 10. The lowest BCUT2D eigenvalue weighted by Crippen LogP contribution is -2.20. The summed E-state index contributed by atoms with van der Waals surface area (Å²) in [6.07, 6.45) is 1.68. The molecule has 0 aliphatic carbocycles. The molecule has 3 heterocycles. The van der Waals surface area contributed by atoms with E-state index in [1.54, 1.807) is 12.1 Å². The molecule has 0 bridgehead atoms. The summed E-state index contributed by atoms with van der Waals surface area (Å²) in [5.41, 5.74) is 12.6. The highest BCUT2D eigenvalue weighted by Crippen LogP contribution is 2.31. The molecule has 0 saturated carbocycles. The summed E-state index contributed by atoms with van der Waals surface area (Å²) in [5, 5.41) is 10.9. The fourth-order valence-electron chi connectivity index (χ4n) is 2.73. The molecular weight excluding hydrogens is 465 g/mol. The van der Waals surface area contributed by atoms with Gasteiger partial charge in [-0.2, -0.15) is 0 Å². The molecular formula is C18H13ClFN7O4S. The van der Waals surface area contributed by atoms with E-state index in [1.165, 1.54) is 18.3 Å². The van der Waals surface area contributed by atoms with Crippen molar-refractivity contribution in [2.24, 2.45) is 11.5 Å². The lowest BCUT2D eigenvalue weighted by atomic mass is 10.2. The largest absolute Gasteiger partial charge is 0.446 e. The Labute approximate surface area is 187 Å². The molecule has 3 aromatic heterocycles. The molecule has 0 spiro atoms. The number of nitrogens with two attached hydrogens (primary N) is 2. The first-order chi connectivity index (χ1) is 15.3. The molecule has 164 valence electrons. The van der Waals surface area contributed by atoms with E-state index in [0.29, 0.717) is 12.1 Å². The van der Waals surface area contributed by atoms with Crippen molar-refractivity contribution in [1.29, 1.82) is 0 Å². The zero-order chi connectivity index (χ0) is 22.8. The second kappa shape index (κ2) is 8.90. The van der Waals surface area contributed by atoms with Crippen molar-refractivity contribution in [3.63, 3.8) is 0 Å². The van der Waals surface area contributed by atoms with E-state index >= 15 is 0 Å². The van der Waals surface area contributed by atoms with E-state index in [4.69, 9.17) is 32.2 Å². The molecule has 1 atom stereocenters. The van der Waals surface area contributed by atoms with Gasteiger partial charge in [0.1, 0.15) is 5.82 Å². The molecule has 0 radical (unpaired) electrons. The number of thioether (sulfide) groups is 1. The number of carbonyl (C=O) groups is 1. The maximum absolute atomic E-state index is 13.5. The van der Waals surface area contributed by atoms with Crippen molar-refractivity contribution in [2.45, 2.75) is 16.8 Å². The lowest BCUT2D eigenvalue weighted by Gasteiger charge is -2.09. The van der Waals surface area contributed by atoms with Gasteiger partial charge >= 0.3 is 5.76 Å². The van der Waals surface area contributed by atoms with Crippen molar-refractivity contribution < 1.29 is 18.3 Å². The van der Waals surface area contributed by atoms with E-state index in [1.807, 2.05) is 0 Å². The number of nitrogens with zero attached hydrogens (tertiary/aromatic N) is 5. The number of primary amides is 1. The third-order valence-corrected chi connectivity index (χ3v) is 5.47. The van der Waals surface area contributed by atoms with Crippen LogP contribution in [0.5, 0.6) is 0 Å². The van der Waals surface area contributed by atoms with Crippen LogP contribution in [0.15, 0.2) is 55.5 Å². The standard InChI is InChI=1S/C18H13ClFN7O4S/c19-11-6-10(3-4-12(11)20)27-16(25-30-18(27)29)14-17(26-31-24-14)32-13(21)5-9-2-1-8(7-23-9)15(22)28/h1-4,6-7,13H,5,21H2,(H2,22,28). The van der Waals surface area contributed by atoms with Crippen molar-refractivity contribution in [3.05, 3.63) is 69.2 Å². The molecule has 4 rings (SSSR count). The average molecular weight is 478 g/mol. The Hall–Kier alpha value is -3.55. The number of benzene rings is 1. The number of pyridine rings is 1. The maximum Gasteiger partial charge on any atom is 0.446 e. The predicted molar refractivity (Wildman–Crippen MR) is 111 cm³/mol. The highest BCUT2D eigenvalue weighted by molar-refractivity contribution is 7.99. The predicted octanol–water partition coefficient (Wildman–Crippen LogP) is 1.78. The summed E-state index contributed by atoms with van der Waals surface area (Å²) < 4.78 is 24.1. The molecule has 14 heteroatoms. The molecule has 32 heavy (non-hydrogen) atoms. The van der Waals surface area contributed by atoms with Gasteiger partial charge in [-0.25, -0.2) is 18.4 Å². The van der Waals surface area contributed by atoms with Gasteiger partial charge in [-0.15, -0.1) is 0 Å². The van der Waals surface area contributed by atoms with Gasteiger partial charge in [-0.3, -0.25) is 14.3 Å². The van der Waals surface area contributed by atoms with Crippen molar-refractivity contribution in [1.82, 2.24) is 25.0 Å². The Balaban J connectivity index is 1.58. The highest BCUT2D eigenvalue weighted by Gasteiger charge is 2.25. The molecule has 1 aromatic carbocycles. The first-order valence-electron chi connectivity index (χ1n) is 8.87. The third kappa shape index (κ3) is 4.39. The highest BCUT2D eigenvalue weighted by atomic mass is 35.5. The zero-order valence-electron chi connectivity index (χ0n) is 15.9. The fourth-order valence-corrected chi connectivity index (χ4v) is 3.76. The number of carbonyl (C=O) groups excluding carboxylic acids is 1. The van der Waals surface area contributed by atoms with Gasteiger partial charge in [0.2, 0.25) is 11.7 Å². The van der Waals surface area contributed by atoms with Gasteiger partial charge in [0.05, 0.1) is 21.6 Å². The molecule has 1 unspecified atom stereocenters. The zero-order valence-corrected chi connectivity index (χ0v) is 17.5. The van der Waals surface area contributed by atoms with Crippen LogP contribution in [0.1, 0.15) is 16.1 Å². The molecule has 0 aliphatic rings. The van der Waals surface area contributed by atoms with Gasteiger partial charge < -0.3 is 11.5 Å². The van der Waals surface area contributed by atoms with Crippen LogP contribution in [0.4, 0.5) is 4.39 Å². The maximum atomic E-state index is 13.5. The van der Waals surface area contributed by atoms with Crippen LogP contribution in [-0.4, -0.2) is 36.3 Å². The van der Waals surface area contributed by atoms with E-state index in [0.717, 1.165) is 22.4 Å². The molecule has 1 amide bonds. The molecule has 4 aromatic rings. The minimum atomic E-state index is -0.843. The smallest absolute Gasteiger partial charge is 0.366 e. The number of hydrogen-bond donors (Lipinski definition) is 2. The van der Waals surface area contributed by atoms with Gasteiger partial charge in [0, 0.05) is 18.3 Å². The summed E-state index contributed by atoms with van der Waals surface area (Å²) in [4.78, 5) is 27.5. The summed E-state index contributed by atoms with van der Waals surface area (Å²) in [6, 6.07) is 6.86. The van der Waals surface area contributed by atoms with Crippen molar-refractivity contribution in [3.8, 4) is 17.2 Å². The Morgan fingerprint density at radius 2 is 2.06 bits per heavy atom. The summed E-state index contributed by atoms with van der Waals surface area (Å²) in [5.74, 6) is -2.10. The minimum Gasteiger partial charge on any atom is -0.366 e. The van der Waals surface area contributed by atoms with Crippen LogP contribution in [0.2, 0.25) is 5.02 Å². The Bertz CT molecular complexity index is 1340. The second-order valence-electron chi connectivity index (χ2n) is 6.39. The Kier molecular flexibility index (Phi) is 6.03. The number of amides is 1. The quantitative estimate of drug-likeness (QED) is 0.295. The summed E-state index contributed by atoms with van der Waals surface area (Å²) >= 11 is 6.92. The van der Waals surface area contributed by atoms with E-state index in [2.05, 4.69) is 20.5 Å². The van der Waals surface area contributed by atoms with Gasteiger partial charge in [-0.1, -0.05) is 28.5 Å². The summed E-state index contributed by atoms with van der Waals surface area (Å²) in [7, 11) is 0. The van der Waals surface area contributed by atoms with Crippen LogP contribution < -0.4 is 17.2 Å². The number of aromatic nitrogens is 5. The van der Waals surface area contributed by atoms with Crippen molar-refractivity contribution in [2.75, 3.05) is 0 Å². The van der Waals surface area contributed by atoms with E-state index in [-0.39, 0.29) is 32.8 Å². The average Bonchev–Trinajstić information content (AvgIpc) is 3.36. The fraction of sp³-hybridized carbons (Fsp3) is 0.111. The van der Waals surface area contributed by atoms with E-state index < -0.39 is 22.9 Å². The SMILES string of the molecule is NC(=O)c1ccc(CC(N)Sc2nonc2-c2noc(=O)n2-c2ccc(F)c(Cl)c2)nc1. The minimum absolute atomic E-state index is 0.0300. The normalized spacial score (nSPS) is 12.1. The third-order valence-electron chi connectivity index (χ3n) is 4.22. The van der Waals surface area contributed by atoms with Gasteiger partial charge in [0.25, 0.3) is 0 Å². The lowest BCUT2D eigenvalue weighted by molar-refractivity contribution is 0.1000. The first-order valence-corrected chi connectivity index (χ1v) is 10.1. The van der Waals surface area contributed by atoms with Gasteiger partial charge in [0.15, 0.2) is 10.7 Å². The topological polar surface area (TPSA) is 169 Å². The molecule has 0 aliphatic heterocycles. The second-order valence-corrected chi connectivity index (χ2v) is 8.02. The van der Waals surface area contributed by atoms with Crippen LogP contribution in [0.25, 0.3) is 17.2 Å². The van der Waals surface area contributed by atoms with Crippen LogP contribution in [-0.2, 0) is 6.42 Å². The van der Waals surface area contributed by atoms with Crippen molar-refractivity contribution >= 4 is 29.3 Å². The van der Waals surface area contributed by atoms with Crippen LogP contribution >= 0.6 is 23.4 Å². The molecule has 11 nitrogen and oxygen atoms in total. The van der Waals surface area contributed by atoms with Gasteiger partial charge in [-0.05, 0) is 40.6 Å². The first kappa shape index (κ1) is 21.7.